The van der Waals surface area contributed by atoms with E-state index in [9.17, 15) is 0 Å². The molecule has 286 valence electrons. The van der Waals surface area contributed by atoms with Gasteiger partial charge in [-0.2, -0.15) is 0 Å². The highest BCUT2D eigenvalue weighted by Crippen LogP contribution is 2.32. The standard InChI is InChI=1S/C58H54/c1-39-9-27-51(28-10-39)57(52-29-11-40(2)12-30-52)37-49-21-17-47(18-22-49)25-35-55-43(5)45(7)56(46(8)44(55)6)36-26-48-19-23-50(24-20-48)38-58(53-31-13-41(3)14-32-53)54-33-15-42(4)16-34-54/h9-38H,1-8H3/b35-25+,36-26+. The minimum atomic E-state index is 1.18. The predicted molar refractivity (Wildman–Crippen MR) is 255 cm³/mol. The molecule has 58 heavy (non-hydrogen) atoms. The zero-order valence-corrected chi connectivity index (χ0v) is 35.3. The van der Waals surface area contributed by atoms with Gasteiger partial charge in [0, 0.05) is 0 Å². The summed E-state index contributed by atoms with van der Waals surface area (Å²) in [6, 6.07) is 53.1. The molecule has 0 spiro atoms. The van der Waals surface area contributed by atoms with Gasteiger partial charge in [-0.15, -0.1) is 0 Å². The van der Waals surface area contributed by atoms with E-state index < -0.39 is 0 Å². The van der Waals surface area contributed by atoms with E-state index >= 15 is 0 Å². The second-order valence-electron chi connectivity index (χ2n) is 15.9. The highest BCUT2D eigenvalue weighted by Gasteiger charge is 2.12. The quantitative estimate of drug-likeness (QED) is 0.122. The molecule has 0 saturated heterocycles. The molecule has 7 aromatic rings. The van der Waals surface area contributed by atoms with Crippen molar-refractivity contribution in [3.63, 3.8) is 0 Å². The normalized spacial score (nSPS) is 11.3. The summed E-state index contributed by atoms with van der Waals surface area (Å²) in [4.78, 5) is 0. The molecule has 0 atom stereocenters. The van der Waals surface area contributed by atoms with Gasteiger partial charge in [0.05, 0.1) is 0 Å². The molecule has 0 unspecified atom stereocenters. The van der Waals surface area contributed by atoms with E-state index in [1.165, 1.54) is 111 Å². The van der Waals surface area contributed by atoms with Crippen molar-refractivity contribution < 1.29 is 0 Å². The average molecular weight is 751 g/mol. The summed E-state index contributed by atoms with van der Waals surface area (Å²) in [5, 5.41) is 0. The van der Waals surface area contributed by atoms with Crippen molar-refractivity contribution in [3.8, 4) is 0 Å². The van der Waals surface area contributed by atoms with Crippen LogP contribution in [0, 0.1) is 55.4 Å². The van der Waals surface area contributed by atoms with Crippen LogP contribution in [0.3, 0.4) is 0 Å². The van der Waals surface area contributed by atoms with Crippen molar-refractivity contribution in [2.75, 3.05) is 0 Å². The smallest absolute Gasteiger partial charge is 0.0105 e. The van der Waals surface area contributed by atoms with Crippen LogP contribution in [0.5, 0.6) is 0 Å². The van der Waals surface area contributed by atoms with Crippen LogP contribution in [-0.2, 0) is 0 Å². The molecule has 0 aliphatic rings. The predicted octanol–water partition coefficient (Wildman–Crippen LogP) is 15.7. The minimum absolute atomic E-state index is 1.18. The molecule has 7 aromatic carbocycles. The van der Waals surface area contributed by atoms with E-state index in [1.807, 2.05) is 0 Å². The fourth-order valence-corrected chi connectivity index (χ4v) is 7.57. The van der Waals surface area contributed by atoms with E-state index in [2.05, 4.69) is 237 Å². The van der Waals surface area contributed by atoms with Crippen LogP contribution in [-0.4, -0.2) is 0 Å². The maximum atomic E-state index is 2.30. The summed E-state index contributed by atoms with van der Waals surface area (Å²) in [7, 11) is 0. The molecule has 0 aromatic heterocycles. The van der Waals surface area contributed by atoms with Crippen LogP contribution in [0.25, 0.3) is 47.6 Å². The van der Waals surface area contributed by atoms with Gasteiger partial charge in [0.25, 0.3) is 0 Å². The number of rotatable bonds is 10. The lowest BCUT2D eigenvalue weighted by Gasteiger charge is -2.17. The summed E-state index contributed by atoms with van der Waals surface area (Å²) < 4.78 is 0. The Labute approximate surface area is 347 Å². The molecular weight excluding hydrogens is 697 g/mol. The van der Waals surface area contributed by atoms with Gasteiger partial charge >= 0.3 is 0 Å². The van der Waals surface area contributed by atoms with Crippen molar-refractivity contribution >= 4 is 47.6 Å². The third-order valence-corrected chi connectivity index (χ3v) is 11.6. The first kappa shape index (κ1) is 39.7. The van der Waals surface area contributed by atoms with Crippen LogP contribution in [0.2, 0.25) is 0 Å². The number of benzene rings is 7. The number of aryl methyl sites for hydroxylation is 4. The Morgan fingerprint density at radius 2 is 0.483 bits per heavy atom. The molecule has 0 saturated carbocycles. The molecule has 0 aliphatic carbocycles. The van der Waals surface area contributed by atoms with Crippen molar-refractivity contribution in [3.05, 3.63) is 246 Å². The molecule has 0 fully saturated rings. The molecule has 0 nitrogen and oxygen atoms in total. The molecule has 0 aliphatic heterocycles. The lowest BCUT2D eigenvalue weighted by molar-refractivity contribution is 1.21. The molecule has 0 N–H and O–H groups in total. The molecule has 7 rings (SSSR count). The fraction of sp³-hybridized carbons (Fsp3) is 0.138. The first-order valence-corrected chi connectivity index (χ1v) is 20.4. The van der Waals surface area contributed by atoms with E-state index in [0.29, 0.717) is 0 Å². The zero-order valence-electron chi connectivity index (χ0n) is 35.3. The van der Waals surface area contributed by atoms with Gasteiger partial charge in [0.1, 0.15) is 0 Å². The molecule has 0 amide bonds. The van der Waals surface area contributed by atoms with Crippen molar-refractivity contribution in [2.45, 2.75) is 55.4 Å². The van der Waals surface area contributed by atoms with Gasteiger partial charge < -0.3 is 0 Å². The third-order valence-electron chi connectivity index (χ3n) is 11.6. The maximum absolute atomic E-state index is 2.30. The van der Waals surface area contributed by atoms with Gasteiger partial charge in [0.2, 0.25) is 0 Å². The maximum Gasteiger partial charge on any atom is -0.0105 e. The molecule has 0 heteroatoms. The van der Waals surface area contributed by atoms with Crippen molar-refractivity contribution in [1.29, 1.82) is 0 Å². The Balaban J connectivity index is 1.10. The highest BCUT2D eigenvalue weighted by molar-refractivity contribution is 5.93. The summed E-state index contributed by atoms with van der Waals surface area (Å²) in [6.45, 7) is 17.6. The lowest BCUT2D eigenvalue weighted by Crippen LogP contribution is -1.99. The second-order valence-corrected chi connectivity index (χ2v) is 15.9. The fourth-order valence-electron chi connectivity index (χ4n) is 7.57. The van der Waals surface area contributed by atoms with Crippen molar-refractivity contribution in [1.82, 2.24) is 0 Å². The third kappa shape index (κ3) is 9.37. The largest absolute Gasteiger partial charge is 0.0587 e. The van der Waals surface area contributed by atoms with Gasteiger partial charge in [0.15, 0.2) is 0 Å². The van der Waals surface area contributed by atoms with E-state index in [4.69, 9.17) is 0 Å². The lowest BCUT2D eigenvalue weighted by atomic mass is 9.88. The number of hydrogen-bond acceptors (Lipinski definition) is 0. The van der Waals surface area contributed by atoms with E-state index in [1.54, 1.807) is 0 Å². The SMILES string of the molecule is Cc1ccc(C(=Cc2ccc(/C=C/c3c(C)c(C)c(/C=C/c4ccc(C=C(c5ccc(C)cc5)c5ccc(C)cc5)cc4)c(C)c3C)cc2)c2ccc(C)cc2)cc1. The molecule has 0 radical (unpaired) electrons. The van der Waals surface area contributed by atoms with Crippen LogP contribution in [0.15, 0.2) is 146 Å². The summed E-state index contributed by atoms with van der Waals surface area (Å²) in [5.41, 5.74) is 25.0. The van der Waals surface area contributed by atoms with Crippen LogP contribution < -0.4 is 0 Å². The number of hydrogen-bond donors (Lipinski definition) is 0. The summed E-state index contributed by atoms with van der Waals surface area (Å²) in [5.74, 6) is 0. The Morgan fingerprint density at radius 1 is 0.259 bits per heavy atom. The van der Waals surface area contributed by atoms with Gasteiger partial charge in [-0.3, -0.25) is 0 Å². The monoisotopic (exact) mass is 750 g/mol. The Bertz CT molecular complexity index is 2320. The van der Waals surface area contributed by atoms with Crippen LogP contribution >= 0.6 is 0 Å². The topological polar surface area (TPSA) is 0 Å². The summed E-state index contributed by atoms with van der Waals surface area (Å²) in [6.07, 6.45) is 13.7. The van der Waals surface area contributed by atoms with Crippen LogP contribution in [0.4, 0.5) is 0 Å². The first-order valence-electron chi connectivity index (χ1n) is 20.4. The van der Waals surface area contributed by atoms with Crippen LogP contribution in [0.1, 0.15) is 100 Å². The van der Waals surface area contributed by atoms with Gasteiger partial charge in [-0.1, -0.05) is 192 Å². The Kier molecular flexibility index (Phi) is 12.2. The molecule has 0 heterocycles. The zero-order chi connectivity index (χ0) is 40.8. The Hall–Kier alpha value is -6.50. The van der Waals surface area contributed by atoms with Gasteiger partial charge in [-0.25, -0.2) is 0 Å². The molecule has 0 bridgehead atoms. The van der Waals surface area contributed by atoms with E-state index in [-0.39, 0.29) is 0 Å². The summed E-state index contributed by atoms with van der Waals surface area (Å²) >= 11 is 0. The first-order chi connectivity index (χ1) is 28.0. The molecular formula is C58H54. The van der Waals surface area contributed by atoms with Crippen molar-refractivity contribution in [2.24, 2.45) is 0 Å². The Morgan fingerprint density at radius 3 is 0.724 bits per heavy atom. The second kappa shape index (κ2) is 17.7. The minimum Gasteiger partial charge on any atom is -0.0587 e. The average Bonchev–Trinajstić information content (AvgIpc) is 3.24. The van der Waals surface area contributed by atoms with E-state index in [0.717, 1.165) is 0 Å². The van der Waals surface area contributed by atoms with Gasteiger partial charge in [-0.05, 0) is 157 Å². The highest BCUT2D eigenvalue weighted by atomic mass is 14.2.